The second-order valence-corrected chi connectivity index (χ2v) is 9.67. The first-order chi connectivity index (χ1) is 16.9. The van der Waals surface area contributed by atoms with Crippen molar-refractivity contribution in [3.63, 3.8) is 0 Å². The van der Waals surface area contributed by atoms with Gasteiger partial charge in [0.25, 0.3) is 5.91 Å². The molecule has 3 aromatic rings. The van der Waals surface area contributed by atoms with Gasteiger partial charge in [-0.1, -0.05) is 55.4 Å². The molecule has 0 radical (unpaired) electrons. The number of rotatable bonds is 9. The molecule has 2 aromatic carbocycles. The van der Waals surface area contributed by atoms with Crippen molar-refractivity contribution in [3.05, 3.63) is 70.4 Å². The van der Waals surface area contributed by atoms with Gasteiger partial charge in [0.15, 0.2) is 0 Å². The van der Waals surface area contributed by atoms with Crippen molar-refractivity contribution in [1.82, 2.24) is 14.8 Å². The topological polar surface area (TPSA) is 81.1 Å². The molecule has 4 rings (SSSR count). The Balaban J connectivity index is 1.78. The average molecular weight is 492 g/mol. The molecule has 2 heterocycles. The van der Waals surface area contributed by atoms with Crippen molar-refractivity contribution in [2.24, 2.45) is 0 Å². The Bertz CT molecular complexity index is 1250. The molecule has 0 spiro atoms. The highest BCUT2D eigenvalue weighted by atomic mass is 32.2. The van der Waals surface area contributed by atoms with E-state index in [0.29, 0.717) is 23.3 Å². The van der Waals surface area contributed by atoms with Crippen molar-refractivity contribution in [2.45, 2.75) is 58.7 Å². The van der Waals surface area contributed by atoms with Gasteiger partial charge in [0.2, 0.25) is 11.1 Å². The SMILES string of the molecule is CCCCSc1nc2n(n1)C(c1ccccc1OCC)C(C(=O)Nc1cccc(C)c1C)=C(C)N2. The third kappa shape index (κ3) is 5.22. The van der Waals surface area contributed by atoms with Crippen LogP contribution in [0.4, 0.5) is 11.6 Å². The molecular weight excluding hydrogens is 458 g/mol. The maximum absolute atomic E-state index is 13.8. The summed E-state index contributed by atoms with van der Waals surface area (Å²) < 4.78 is 7.78. The molecule has 184 valence electrons. The molecule has 0 saturated carbocycles. The zero-order valence-electron chi connectivity index (χ0n) is 21.0. The summed E-state index contributed by atoms with van der Waals surface area (Å²) in [6, 6.07) is 13.3. The molecule has 1 aliphatic heterocycles. The standard InChI is InChI=1S/C27H33N5O2S/c1-6-8-16-35-27-30-26-28-19(5)23(25(33)29-21-14-11-12-17(3)18(21)4)24(32(26)31-27)20-13-9-10-15-22(20)34-7-2/h9-15,24H,6-8,16H2,1-5H3,(H,29,33)(H,28,30,31). The van der Waals surface area contributed by atoms with E-state index in [9.17, 15) is 4.79 Å². The second kappa shape index (κ2) is 11.0. The van der Waals surface area contributed by atoms with E-state index >= 15 is 0 Å². The van der Waals surface area contributed by atoms with E-state index in [1.165, 1.54) is 0 Å². The van der Waals surface area contributed by atoms with Crippen molar-refractivity contribution in [1.29, 1.82) is 0 Å². The summed E-state index contributed by atoms with van der Waals surface area (Å²) in [7, 11) is 0. The normalized spacial score (nSPS) is 14.9. The van der Waals surface area contributed by atoms with E-state index in [1.54, 1.807) is 11.8 Å². The minimum atomic E-state index is -0.479. The Morgan fingerprint density at radius 3 is 2.71 bits per heavy atom. The van der Waals surface area contributed by atoms with Crippen LogP contribution < -0.4 is 15.4 Å². The predicted octanol–water partition coefficient (Wildman–Crippen LogP) is 6.11. The van der Waals surface area contributed by atoms with E-state index in [0.717, 1.165) is 52.4 Å². The van der Waals surface area contributed by atoms with Crippen LogP contribution in [0.1, 0.15) is 56.3 Å². The summed E-state index contributed by atoms with van der Waals surface area (Å²) >= 11 is 1.63. The number of allylic oxidation sites excluding steroid dienone is 1. The molecule has 0 fully saturated rings. The van der Waals surface area contributed by atoms with Gasteiger partial charge in [-0.2, -0.15) is 4.98 Å². The number of unbranched alkanes of at least 4 members (excludes halogenated alkanes) is 1. The third-order valence-corrected chi connectivity index (χ3v) is 7.10. The van der Waals surface area contributed by atoms with E-state index in [1.807, 2.05) is 74.8 Å². The van der Waals surface area contributed by atoms with Crippen LogP contribution in [-0.2, 0) is 4.79 Å². The largest absolute Gasteiger partial charge is 0.494 e. The molecule has 0 aliphatic carbocycles. The first kappa shape index (κ1) is 24.9. The monoisotopic (exact) mass is 491 g/mol. The second-order valence-electron chi connectivity index (χ2n) is 8.60. The fourth-order valence-electron chi connectivity index (χ4n) is 4.15. The van der Waals surface area contributed by atoms with Gasteiger partial charge in [-0.25, -0.2) is 4.68 Å². The van der Waals surface area contributed by atoms with Crippen molar-refractivity contribution >= 4 is 29.3 Å². The lowest BCUT2D eigenvalue weighted by Gasteiger charge is -2.29. The molecule has 1 unspecified atom stereocenters. The van der Waals surface area contributed by atoms with Crippen LogP contribution in [0.15, 0.2) is 58.9 Å². The summed E-state index contributed by atoms with van der Waals surface area (Å²) in [5.74, 6) is 2.13. The first-order valence-corrected chi connectivity index (χ1v) is 13.1. The molecule has 1 aliphatic rings. The number of aryl methyl sites for hydroxylation is 1. The minimum absolute atomic E-state index is 0.179. The fourth-order valence-corrected chi connectivity index (χ4v) is 5.06. The van der Waals surface area contributed by atoms with Crippen molar-refractivity contribution in [3.8, 4) is 5.75 Å². The summed E-state index contributed by atoms with van der Waals surface area (Å²) in [6.07, 6.45) is 2.21. The zero-order chi connectivity index (χ0) is 24.9. The number of aromatic nitrogens is 3. The van der Waals surface area contributed by atoms with E-state index in [2.05, 4.69) is 17.6 Å². The summed E-state index contributed by atoms with van der Waals surface area (Å²) in [4.78, 5) is 18.5. The number of anilines is 2. The van der Waals surface area contributed by atoms with Gasteiger partial charge in [-0.05, 0) is 57.4 Å². The number of thioether (sulfide) groups is 1. The van der Waals surface area contributed by atoms with Crippen molar-refractivity contribution in [2.75, 3.05) is 23.0 Å². The predicted molar refractivity (Wildman–Crippen MR) is 142 cm³/mol. The molecule has 1 aromatic heterocycles. The van der Waals surface area contributed by atoms with Crippen molar-refractivity contribution < 1.29 is 9.53 Å². The van der Waals surface area contributed by atoms with Gasteiger partial charge in [0.1, 0.15) is 11.8 Å². The number of hydrogen-bond acceptors (Lipinski definition) is 6. The number of ether oxygens (including phenoxy) is 1. The van der Waals surface area contributed by atoms with Crippen LogP contribution >= 0.6 is 11.8 Å². The number of benzene rings is 2. The maximum atomic E-state index is 13.8. The number of nitrogens with zero attached hydrogens (tertiary/aromatic N) is 3. The lowest BCUT2D eigenvalue weighted by atomic mass is 9.94. The molecule has 2 N–H and O–H groups in total. The zero-order valence-corrected chi connectivity index (χ0v) is 21.8. The minimum Gasteiger partial charge on any atom is -0.494 e. The Morgan fingerprint density at radius 2 is 1.94 bits per heavy atom. The number of fused-ring (bicyclic) bond motifs is 1. The first-order valence-electron chi connectivity index (χ1n) is 12.1. The Kier molecular flexibility index (Phi) is 7.80. The molecule has 7 nitrogen and oxygen atoms in total. The molecule has 35 heavy (non-hydrogen) atoms. The molecular formula is C27H33N5O2S. The summed E-state index contributed by atoms with van der Waals surface area (Å²) in [5, 5.41) is 12.0. The van der Waals surface area contributed by atoms with Crippen LogP contribution in [0.2, 0.25) is 0 Å². The quantitative estimate of drug-likeness (QED) is 0.277. The highest BCUT2D eigenvalue weighted by Gasteiger charge is 2.36. The Hall–Kier alpha value is -3.26. The molecule has 1 atom stereocenters. The number of amides is 1. The fraction of sp³-hybridized carbons (Fsp3) is 0.370. The smallest absolute Gasteiger partial charge is 0.255 e. The van der Waals surface area contributed by atoms with Gasteiger partial charge >= 0.3 is 0 Å². The lowest BCUT2D eigenvalue weighted by Crippen LogP contribution is -2.32. The van der Waals surface area contributed by atoms with Gasteiger partial charge in [0.05, 0.1) is 12.2 Å². The number of hydrogen-bond donors (Lipinski definition) is 2. The summed E-state index contributed by atoms with van der Waals surface area (Å²) in [5.41, 5.74) is 5.17. The molecule has 8 heteroatoms. The lowest BCUT2D eigenvalue weighted by molar-refractivity contribution is -0.113. The van der Waals surface area contributed by atoms with E-state index < -0.39 is 6.04 Å². The third-order valence-electron chi connectivity index (χ3n) is 6.17. The summed E-state index contributed by atoms with van der Waals surface area (Å²) in [6.45, 7) is 10.6. The molecule has 0 saturated heterocycles. The van der Waals surface area contributed by atoms with E-state index in [4.69, 9.17) is 14.8 Å². The van der Waals surface area contributed by atoms with Crippen LogP contribution in [0, 0.1) is 13.8 Å². The highest BCUT2D eigenvalue weighted by Crippen LogP contribution is 2.40. The molecule has 0 bridgehead atoms. The van der Waals surface area contributed by atoms with Gasteiger partial charge in [-0.3, -0.25) is 4.79 Å². The van der Waals surface area contributed by atoms with Crippen LogP contribution in [0.3, 0.4) is 0 Å². The Labute approximate surface area is 211 Å². The number of nitrogens with one attached hydrogen (secondary N) is 2. The number of carbonyl (C=O) groups is 1. The van der Waals surface area contributed by atoms with Crippen LogP contribution in [0.25, 0.3) is 0 Å². The highest BCUT2D eigenvalue weighted by molar-refractivity contribution is 7.99. The van der Waals surface area contributed by atoms with Gasteiger partial charge in [-0.15, -0.1) is 5.10 Å². The molecule has 1 amide bonds. The number of carbonyl (C=O) groups excluding carboxylic acids is 1. The Morgan fingerprint density at radius 1 is 1.14 bits per heavy atom. The van der Waals surface area contributed by atoms with Gasteiger partial charge in [0, 0.05) is 22.7 Å². The van der Waals surface area contributed by atoms with Gasteiger partial charge < -0.3 is 15.4 Å². The maximum Gasteiger partial charge on any atom is 0.255 e. The van der Waals surface area contributed by atoms with Crippen LogP contribution in [0.5, 0.6) is 5.75 Å². The van der Waals surface area contributed by atoms with Crippen LogP contribution in [-0.4, -0.2) is 33.0 Å². The van der Waals surface area contributed by atoms with E-state index in [-0.39, 0.29) is 5.91 Å². The number of para-hydroxylation sites is 1. The average Bonchev–Trinajstić information content (AvgIpc) is 3.24.